The molecule has 3 unspecified atom stereocenters. The summed E-state index contributed by atoms with van der Waals surface area (Å²) in [6, 6.07) is 0.366. The summed E-state index contributed by atoms with van der Waals surface area (Å²) in [5.41, 5.74) is -0.540. The van der Waals surface area contributed by atoms with Crippen molar-refractivity contribution >= 4 is 12.0 Å². The largest absolute Gasteiger partial charge is 0.444 e. The molecular formula is C17H30N2O3. The second kappa shape index (κ2) is 6.88. The Bertz CT molecular complexity index is 417. The number of piperidine rings is 1. The molecule has 5 nitrogen and oxygen atoms in total. The van der Waals surface area contributed by atoms with Gasteiger partial charge in [-0.05, 0) is 51.9 Å². The quantitative estimate of drug-likeness (QED) is 0.853. The molecule has 1 aliphatic heterocycles. The van der Waals surface area contributed by atoms with Crippen LogP contribution < -0.4 is 5.32 Å². The first-order valence-electron chi connectivity index (χ1n) is 8.54. The number of amides is 2. The van der Waals surface area contributed by atoms with Crippen molar-refractivity contribution in [2.24, 2.45) is 11.8 Å². The zero-order chi connectivity index (χ0) is 16.3. The van der Waals surface area contributed by atoms with E-state index in [4.69, 9.17) is 4.74 Å². The Balaban J connectivity index is 1.87. The van der Waals surface area contributed by atoms with Crippen LogP contribution in [0.15, 0.2) is 0 Å². The topological polar surface area (TPSA) is 58.6 Å². The maximum Gasteiger partial charge on any atom is 0.408 e. The van der Waals surface area contributed by atoms with E-state index in [0.717, 1.165) is 19.4 Å². The van der Waals surface area contributed by atoms with Crippen LogP contribution in [0.25, 0.3) is 0 Å². The maximum absolute atomic E-state index is 12.5. The molecule has 3 atom stereocenters. The monoisotopic (exact) mass is 310 g/mol. The minimum absolute atomic E-state index is 0.0228. The number of carbonyl (C=O) groups excluding carboxylic acids is 2. The molecule has 2 fully saturated rings. The molecule has 22 heavy (non-hydrogen) atoms. The van der Waals surface area contributed by atoms with Crippen molar-refractivity contribution in [3.05, 3.63) is 0 Å². The summed E-state index contributed by atoms with van der Waals surface area (Å²) in [7, 11) is 0. The molecule has 0 spiro atoms. The molecule has 0 aromatic carbocycles. The molecule has 2 aliphatic rings. The molecule has 1 heterocycles. The van der Waals surface area contributed by atoms with Gasteiger partial charge in [0.1, 0.15) is 12.1 Å². The Morgan fingerprint density at radius 2 is 1.86 bits per heavy atom. The van der Waals surface area contributed by atoms with Gasteiger partial charge in [0.15, 0.2) is 0 Å². The lowest BCUT2D eigenvalue weighted by Gasteiger charge is -2.47. The summed E-state index contributed by atoms with van der Waals surface area (Å²) in [5.74, 6) is 1.36. The number of rotatable bonds is 2. The summed E-state index contributed by atoms with van der Waals surface area (Å²) < 4.78 is 5.18. The first-order chi connectivity index (χ1) is 10.3. The van der Waals surface area contributed by atoms with Crippen LogP contribution in [0.4, 0.5) is 4.79 Å². The Kier molecular flexibility index (Phi) is 5.35. The van der Waals surface area contributed by atoms with E-state index in [1.807, 2.05) is 25.7 Å². The molecule has 1 aliphatic carbocycles. The molecular weight excluding hydrogens is 280 g/mol. The van der Waals surface area contributed by atoms with E-state index in [1.165, 1.54) is 19.3 Å². The van der Waals surface area contributed by atoms with Crippen molar-refractivity contribution in [2.45, 2.75) is 71.4 Å². The lowest BCUT2D eigenvalue weighted by Crippen LogP contribution is -2.54. The van der Waals surface area contributed by atoms with E-state index in [0.29, 0.717) is 17.9 Å². The molecule has 2 rings (SSSR count). The SMILES string of the molecule is CC1CCN(C(=O)CNC(=O)OC(C)(C)C)C2CCCCC12. The number of ether oxygens (including phenoxy) is 1. The van der Waals surface area contributed by atoms with E-state index in [-0.39, 0.29) is 12.5 Å². The van der Waals surface area contributed by atoms with E-state index in [1.54, 1.807) is 0 Å². The van der Waals surface area contributed by atoms with Gasteiger partial charge in [-0.1, -0.05) is 19.8 Å². The smallest absolute Gasteiger partial charge is 0.408 e. The highest BCUT2D eigenvalue weighted by Gasteiger charge is 2.39. The van der Waals surface area contributed by atoms with Crippen LogP contribution in [0, 0.1) is 11.8 Å². The fourth-order valence-corrected chi connectivity index (χ4v) is 3.79. The predicted octanol–water partition coefficient (Wildman–Crippen LogP) is 2.94. The molecule has 0 aromatic rings. The van der Waals surface area contributed by atoms with Gasteiger partial charge in [0, 0.05) is 12.6 Å². The summed E-state index contributed by atoms with van der Waals surface area (Å²) in [6.07, 6.45) is 5.37. The minimum atomic E-state index is -0.540. The van der Waals surface area contributed by atoms with Gasteiger partial charge in [-0.2, -0.15) is 0 Å². The molecule has 2 amide bonds. The second-order valence-corrected chi connectivity index (χ2v) is 7.72. The number of hydrogen-bond donors (Lipinski definition) is 1. The molecule has 1 saturated carbocycles. The van der Waals surface area contributed by atoms with Gasteiger partial charge in [-0.3, -0.25) is 4.79 Å². The van der Waals surface area contributed by atoms with Crippen molar-refractivity contribution in [1.82, 2.24) is 10.2 Å². The summed E-state index contributed by atoms with van der Waals surface area (Å²) in [6.45, 7) is 8.60. The number of carbonyl (C=O) groups is 2. The number of nitrogens with zero attached hydrogens (tertiary/aromatic N) is 1. The fraction of sp³-hybridized carbons (Fsp3) is 0.882. The van der Waals surface area contributed by atoms with Crippen molar-refractivity contribution < 1.29 is 14.3 Å². The number of nitrogens with one attached hydrogen (secondary N) is 1. The highest BCUT2D eigenvalue weighted by Crippen LogP contribution is 2.38. The lowest BCUT2D eigenvalue weighted by molar-refractivity contribution is -0.138. The van der Waals surface area contributed by atoms with Crippen molar-refractivity contribution in [3.8, 4) is 0 Å². The molecule has 0 aromatic heterocycles. The molecule has 0 bridgehead atoms. The standard InChI is InChI=1S/C17H30N2O3/c1-12-9-10-19(14-8-6-5-7-13(12)14)15(20)11-18-16(21)22-17(2,3)4/h12-14H,5-11H2,1-4H3,(H,18,21). The Labute approximate surface area is 133 Å². The van der Waals surface area contributed by atoms with Crippen LogP contribution in [-0.2, 0) is 9.53 Å². The number of likely N-dealkylation sites (tertiary alicyclic amines) is 1. The summed E-state index contributed by atoms with van der Waals surface area (Å²) in [4.78, 5) is 26.2. The van der Waals surface area contributed by atoms with Gasteiger partial charge in [0.25, 0.3) is 0 Å². The van der Waals surface area contributed by atoms with Gasteiger partial charge >= 0.3 is 6.09 Å². The summed E-state index contributed by atoms with van der Waals surface area (Å²) in [5, 5.41) is 2.59. The van der Waals surface area contributed by atoms with Gasteiger partial charge in [-0.25, -0.2) is 4.79 Å². The van der Waals surface area contributed by atoms with Crippen LogP contribution in [0.1, 0.15) is 59.8 Å². The first-order valence-corrected chi connectivity index (χ1v) is 8.54. The summed E-state index contributed by atoms with van der Waals surface area (Å²) >= 11 is 0. The highest BCUT2D eigenvalue weighted by molar-refractivity contribution is 5.82. The molecule has 126 valence electrons. The van der Waals surface area contributed by atoms with E-state index < -0.39 is 11.7 Å². The fourth-order valence-electron chi connectivity index (χ4n) is 3.79. The Morgan fingerprint density at radius 3 is 2.55 bits per heavy atom. The Hall–Kier alpha value is -1.26. The second-order valence-electron chi connectivity index (χ2n) is 7.72. The number of alkyl carbamates (subject to hydrolysis) is 1. The lowest BCUT2D eigenvalue weighted by atomic mass is 9.72. The van der Waals surface area contributed by atoms with Crippen LogP contribution in [0.2, 0.25) is 0 Å². The Morgan fingerprint density at radius 1 is 1.18 bits per heavy atom. The normalized spacial score (nSPS) is 28.7. The van der Waals surface area contributed by atoms with E-state index in [9.17, 15) is 9.59 Å². The van der Waals surface area contributed by atoms with E-state index >= 15 is 0 Å². The van der Waals surface area contributed by atoms with Crippen molar-refractivity contribution in [3.63, 3.8) is 0 Å². The van der Waals surface area contributed by atoms with E-state index in [2.05, 4.69) is 12.2 Å². The zero-order valence-corrected chi connectivity index (χ0v) is 14.4. The molecule has 5 heteroatoms. The van der Waals surface area contributed by atoms with Gasteiger partial charge in [-0.15, -0.1) is 0 Å². The third kappa shape index (κ3) is 4.37. The minimum Gasteiger partial charge on any atom is -0.444 e. The van der Waals surface area contributed by atoms with Crippen LogP contribution in [-0.4, -0.2) is 41.6 Å². The first kappa shape index (κ1) is 17.1. The van der Waals surface area contributed by atoms with Crippen LogP contribution >= 0.6 is 0 Å². The van der Waals surface area contributed by atoms with Crippen LogP contribution in [0.5, 0.6) is 0 Å². The third-order valence-electron chi connectivity index (χ3n) is 4.84. The molecule has 1 saturated heterocycles. The average molecular weight is 310 g/mol. The highest BCUT2D eigenvalue weighted by atomic mass is 16.6. The number of hydrogen-bond acceptors (Lipinski definition) is 3. The average Bonchev–Trinajstić information content (AvgIpc) is 2.44. The van der Waals surface area contributed by atoms with Crippen molar-refractivity contribution in [2.75, 3.05) is 13.1 Å². The molecule has 0 radical (unpaired) electrons. The molecule has 1 N–H and O–H groups in total. The van der Waals surface area contributed by atoms with Gasteiger partial charge in [0.05, 0.1) is 0 Å². The van der Waals surface area contributed by atoms with Crippen LogP contribution in [0.3, 0.4) is 0 Å². The maximum atomic E-state index is 12.5. The van der Waals surface area contributed by atoms with Crippen molar-refractivity contribution in [1.29, 1.82) is 0 Å². The third-order valence-corrected chi connectivity index (χ3v) is 4.84. The zero-order valence-electron chi connectivity index (χ0n) is 14.4. The predicted molar refractivity (Wildman–Crippen MR) is 85.5 cm³/mol. The van der Waals surface area contributed by atoms with Gasteiger partial charge in [0.2, 0.25) is 5.91 Å². The number of fused-ring (bicyclic) bond motifs is 1. The van der Waals surface area contributed by atoms with Gasteiger partial charge < -0.3 is 15.0 Å².